The standard InChI is InChI=1S/C19H19N/c1-2-3-15-20-16-19-12-8-7-11-18(19)14-13-17-9-5-4-6-10-17/h4-12,16H,2-3,15H2,1H3. The predicted octanol–water partition coefficient (Wildman–Crippen LogP) is 4.31. The van der Waals surface area contributed by atoms with E-state index >= 15 is 0 Å². The number of rotatable bonds is 4. The molecule has 0 radical (unpaired) electrons. The summed E-state index contributed by atoms with van der Waals surface area (Å²) >= 11 is 0. The van der Waals surface area contributed by atoms with Gasteiger partial charge in [-0.15, -0.1) is 0 Å². The van der Waals surface area contributed by atoms with E-state index in [1.807, 2.05) is 54.7 Å². The van der Waals surface area contributed by atoms with Gasteiger partial charge in [-0.3, -0.25) is 4.99 Å². The third-order valence-electron chi connectivity index (χ3n) is 2.95. The molecule has 0 saturated heterocycles. The fraction of sp³-hybridized carbons (Fsp3) is 0.211. The van der Waals surface area contributed by atoms with Gasteiger partial charge in [-0.2, -0.15) is 0 Å². The molecule has 0 heterocycles. The van der Waals surface area contributed by atoms with Crippen molar-refractivity contribution in [3.63, 3.8) is 0 Å². The zero-order chi connectivity index (χ0) is 14.0. The molecule has 0 atom stereocenters. The van der Waals surface area contributed by atoms with Gasteiger partial charge in [-0.05, 0) is 24.6 Å². The van der Waals surface area contributed by atoms with Crippen molar-refractivity contribution < 1.29 is 0 Å². The van der Waals surface area contributed by atoms with Crippen LogP contribution in [-0.2, 0) is 0 Å². The second-order valence-electron chi connectivity index (χ2n) is 4.59. The molecule has 0 amide bonds. The molecule has 0 aliphatic carbocycles. The Hall–Kier alpha value is -2.33. The van der Waals surface area contributed by atoms with Crippen LogP contribution in [0.1, 0.15) is 36.5 Å². The van der Waals surface area contributed by atoms with Crippen LogP contribution in [-0.4, -0.2) is 12.8 Å². The fourth-order valence-corrected chi connectivity index (χ4v) is 1.80. The Morgan fingerprint density at radius 2 is 1.70 bits per heavy atom. The van der Waals surface area contributed by atoms with Gasteiger partial charge in [-0.25, -0.2) is 0 Å². The normalized spacial score (nSPS) is 10.2. The van der Waals surface area contributed by atoms with Crippen molar-refractivity contribution in [3.05, 3.63) is 71.3 Å². The monoisotopic (exact) mass is 261 g/mol. The Balaban J connectivity index is 2.16. The zero-order valence-corrected chi connectivity index (χ0v) is 11.8. The topological polar surface area (TPSA) is 12.4 Å². The molecule has 0 aliphatic heterocycles. The number of unbranched alkanes of at least 4 members (excludes halogenated alkanes) is 1. The predicted molar refractivity (Wildman–Crippen MR) is 86.2 cm³/mol. The third kappa shape index (κ3) is 4.40. The first-order chi connectivity index (χ1) is 9.90. The van der Waals surface area contributed by atoms with E-state index in [4.69, 9.17) is 0 Å². The van der Waals surface area contributed by atoms with E-state index in [9.17, 15) is 0 Å². The van der Waals surface area contributed by atoms with E-state index in [0.717, 1.165) is 29.7 Å². The number of benzene rings is 2. The van der Waals surface area contributed by atoms with E-state index in [0.29, 0.717) is 0 Å². The maximum absolute atomic E-state index is 4.45. The summed E-state index contributed by atoms with van der Waals surface area (Å²) in [6.45, 7) is 3.06. The lowest BCUT2D eigenvalue weighted by Gasteiger charge is -1.97. The summed E-state index contributed by atoms with van der Waals surface area (Å²) in [6.07, 6.45) is 4.24. The first kappa shape index (κ1) is 14.1. The highest BCUT2D eigenvalue weighted by atomic mass is 14.7. The average molecular weight is 261 g/mol. The Morgan fingerprint density at radius 3 is 2.50 bits per heavy atom. The summed E-state index contributed by atoms with van der Waals surface area (Å²) in [7, 11) is 0. The second-order valence-corrected chi connectivity index (χ2v) is 4.59. The van der Waals surface area contributed by atoms with Crippen LogP contribution in [0, 0.1) is 11.8 Å². The maximum atomic E-state index is 4.45. The van der Waals surface area contributed by atoms with Crippen LogP contribution < -0.4 is 0 Å². The van der Waals surface area contributed by atoms with Crippen LogP contribution in [0.4, 0.5) is 0 Å². The first-order valence-electron chi connectivity index (χ1n) is 7.06. The molecule has 2 aromatic rings. The highest BCUT2D eigenvalue weighted by molar-refractivity contribution is 5.83. The summed E-state index contributed by atoms with van der Waals surface area (Å²) in [5, 5.41) is 0. The van der Waals surface area contributed by atoms with Crippen LogP contribution >= 0.6 is 0 Å². The lowest BCUT2D eigenvalue weighted by Crippen LogP contribution is -1.89. The Kier molecular flexibility index (Phi) is 5.61. The Bertz CT molecular complexity index is 615. The van der Waals surface area contributed by atoms with E-state index in [-0.39, 0.29) is 0 Å². The van der Waals surface area contributed by atoms with Gasteiger partial charge >= 0.3 is 0 Å². The average Bonchev–Trinajstić information content (AvgIpc) is 2.51. The van der Waals surface area contributed by atoms with Crippen LogP contribution in [0.25, 0.3) is 0 Å². The lowest BCUT2D eigenvalue weighted by molar-refractivity contribution is 0.810. The van der Waals surface area contributed by atoms with Crippen LogP contribution in [0.3, 0.4) is 0 Å². The molecule has 0 saturated carbocycles. The minimum absolute atomic E-state index is 0.886. The Labute approximate surface area is 121 Å². The van der Waals surface area contributed by atoms with Crippen molar-refractivity contribution in [2.45, 2.75) is 19.8 Å². The smallest absolute Gasteiger partial charge is 0.0389 e. The van der Waals surface area contributed by atoms with Crippen LogP contribution in [0.15, 0.2) is 59.6 Å². The molecule has 0 bridgehead atoms. The number of aliphatic imine (C=N–C) groups is 1. The van der Waals surface area contributed by atoms with Gasteiger partial charge in [0.15, 0.2) is 0 Å². The molecule has 0 aliphatic rings. The van der Waals surface area contributed by atoms with Gasteiger partial charge in [0, 0.05) is 29.4 Å². The molecule has 0 spiro atoms. The Morgan fingerprint density at radius 1 is 0.950 bits per heavy atom. The number of nitrogens with zero attached hydrogens (tertiary/aromatic N) is 1. The quantitative estimate of drug-likeness (QED) is 0.442. The van der Waals surface area contributed by atoms with Gasteiger partial charge in [-0.1, -0.05) is 61.6 Å². The third-order valence-corrected chi connectivity index (χ3v) is 2.95. The summed E-state index contributed by atoms with van der Waals surface area (Å²) < 4.78 is 0. The molecule has 100 valence electrons. The molecule has 0 fully saturated rings. The van der Waals surface area contributed by atoms with Gasteiger partial charge in [0.2, 0.25) is 0 Å². The summed E-state index contributed by atoms with van der Waals surface area (Å²) in [5.41, 5.74) is 3.15. The minimum atomic E-state index is 0.886. The molecule has 2 aromatic carbocycles. The molecule has 1 nitrogen and oxygen atoms in total. The molecule has 0 unspecified atom stereocenters. The van der Waals surface area contributed by atoms with Crippen LogP contribution in [0.2, 0.25) is 0 Å². The van der Waals surface area contributed by atoms with Gasteiger partial charge in [0.1, 0.15) is 0 Å². The fourth-order valence-electron chi connectivity index (χ4n) is 1.80. The van der Waals surface area contributed by atoms with Gasteiger partial charge in [0.05, 0.1) is 0 Å². The molecule has 1 heteroatoms. The van der Waals surface area contributed by atoms with E-state index in [1.54, 1.807) is 0 Å². The molecule has 0 aromatic heterocycles. The molecule has 0 N–H and O–H groups in total. The van der Waals surface area contributed by atoms with Crippen molar-refractivity contribution in [2.75, 3.05) is 6.54 Å². The second kappa shape index (κ2) is 7.96. The lowest BCUT2D eigenvalue weighted by atomic mass is 10.1. The van der Waals surface area contributed by atoms with Crippen LogP contribution in [0.5, 0.6) is 0 Å². The van der Waals surface area contributed by atoms with E-state index in [2.05, 4.69) is 29.8 Å². The summed E-state index contributed by atoms with van der Waals surface area (Å²) in [4.78, 5) is 4.45. The minimum Gasteiger partial charge on any atom is -0.293 e. The highest BCUT2D eigenvalue weighted by Gasteiger charge is 1.95. The van der Waals surface area contributed by atoms with Crippen molar-refractivity contribution in [2.24, 2.45) is 4.99 Å². The SMILES string of the molecule is CCCCN=Cc1ccccc1C#Cc1ccccc1. The molecular formula is C19H19N. The van der Waals surface area contributed by atoms with Gasteiger partial charge in [0.25, 0.3) is 0 Å². The number of hydrogen-bond acceptors (Lipinski definition) is 1. The van der Waals surface area contributed by atoms with Crippen molar-refractivity contribution >= 4 is 6.21 Å². The van der Waals surface area contributed by atoms with E-state index in [1.165, 1.54) is 6.42 Å². The highest BCUT2D eigenvalue weighted by Crippen LogP contribution is 2.06. The van der Waals surface area contributed by atoms with Crippen molar-refractivity contribution in [1.29, 1.82) is 0 Å². The van der Waals surface area contributed by atoms with E-state index < -0.39 is 0 Å². The molecular weight excluding hydrogens is 242 g/mol. The molecule has 20 heavy (non-hydrogen) atoms. The largest absolute Gasteiger partial charge is 0.293 e. The first-order valence-corrected chi connectivity index (χ1v) is 7.06. The van der Waals surface area contributed by atoms with Gasteiger partial charge < -0.3 is 0 Å². The van der Waals surface area contributed by atoms with Crippen molar-refractivity contribution in [1.82, 2.24) is 0 Å². The summed E-state index contributed by atoms with van der Waals surface area (Å²) in [5.74, 6) is 6.42. The number of hydrogen-bond donors (Lipinski definition) is 0. The maximum Gasteiger partial charge on any atom is 0.0389 e. The summed E-state index contributed by atoms with van der Waals surface area (Å²) in [6, 6.07) is 18.2. The van der Waals surface area contributed by atoms with Crippen molar-refractivity contribution in [3.8, 4) is 11.8 Å². The zero-order valence-electron chi connectivity index (χ0n) is 11.8. The molecule has 2 rings (SSSR count).